The maximum Gasteiger partial charge on any atom is 0.408 e. The van der Waals surface area contributed by atoms with Crippen LogP contribution in [-0.2, 0) is 23.9 Å². The molecule has 0 saturated heterocycles. The van der Waals surface area contributed by atoms with E-state index in [1.165, 1.54) is 12.0 Å². The second-order valence-corrected chi connectivity index (χ2v) is 10.4. The van der Waals surface area contributed by atoms with Gasteiger partial charge in [0, 0.05) is 5.54 Å². The number of amides is 3. The molecule has 1 aromatic carbocycles. The smallest absolute Gasteiger partial charge is 0.408 e. The molecule has 0 saturated carbocycles. The minimum absolute atomic E-state index is 0.336. The summed E-state index contributed by atoms with van der Waals surface area (Å²) in [6, 6.07) is 3.62. The number of benzene rings is 1. The molecule has 1 rings (SSSR count). The van der Waals surface area contributed by atoms with E-state index in [4.69, 9.17) is 4.74 Å². The van der Waals surface area contributed by atoms with Gasteiger partial charge in [-0.15, -0.1) is 0 Å². The number of hydrogen-bond acceptors (Lipinski definition) is 6. The summed E-state index contributed by atoms with van der Waals surface area (Å²) in [5, 5.41) is 5.18. The molecule has 0 heterocycles. The van der Waals surface area contributed by atoms with E-state index in [1.54, 1.807) is 27.7 Å². The Kier molecular flexibility index (Phi) is 10.3. The minimum atomic E-state index is -1.05. The molecule has 0 fully saturated rings. The van der Waals surface area contributed by atoms with Gasteiger partial charge < -0.3 is 25.0 Å². The lowest BCUT2D eigenvalue weighted by Gasteiger charge is -2.44. The second kappa shape index (κ2) is 12.0. The number of carbonyl (C=O) groups excluding carboxylic acids is 4. The van der Waals surface area contributed by atoms with Crippen molar-refractivity contribution < 1.29 is 28.7 Å². The quantitative estimate of drug-likeness (QED) is 0.511. The van der Waals surface area contributed by atoms with Crippen molar-refractivity contribution in [3.05, 3.63) is 34.9 Å². The molecule has 0 aromatic heterocycles. The first-order valence-corrected chi connectivity index (χ1v) is 11.8. The van der Waals surface area contributed by atoms with E-state index in [1.807, 2.05) is 52.8 Å². The molecule has 0 bridgehead atoms. The number of nitrogens with zero attached hydrogens (tertiary/aromatic N) is 1. The third-order valence-corrected chi connectivity index (χ3v) is 5.56. The van der Waals surface area contributed by atoms with E-state index in [0.29, 0.717) is 12.0 Å². The van der Waals surface area contributed by atoms with E-state index >= 15 is 0 Å². The molecule has 35 heavy (non-hydrogen) atoms. The van der Waals surface area contributed by atoms with Gasteiger partial charge >= 0.3 is 12.1 Å². The predicted octanol–water partition coefficient (Wildman–Crippen LogP) is 3.56. The van der Waals surface area contributed by atoms with E-state index in [2.05, 4.69) is 15.4 Å². The van der Waals surface area contributed by atoms with Crippen molar-refractivity contribution in [2.45, 2.75) is 92.0 Å². The first-order valence-electron chi connectivity index (χ1n) is 11.8. The lowest BCUT2D eigenvalue weighted by molar-refractivity contribution is -0.149. The van der Waals surface area contributed by atoms with Gasteiger partial charge in [-0.25, -0.2) is 4.79 Å². The average Bonchev–Trinajstić information content (AvgIpc) is 2.72. The topological polar surface area (TPSA) is 114 Å². The fourth-order valence-electron chi connectivity index (χ4n) is 3.61. The molecule has 1 aromatic rings. The zero-order valence-electron chi connectivity index (χ0n) is 22.7. The largest absolute Gasteiger partial charge is 0.468 e. The summed E-state index contributed by atoms with van der Waals surface area (Å²) in [4.78, 5) is 52.9. The van der Waals surface area contributed by atoms with Gasteiger partial charge in [0.1, 0.15) is 24.2 Å². The Morgan fingerprint density at radius 3 is 2.00 bits per heavy atom. The molecular weight excluding hydrogens is 450 g/mol. The highest BCUT2D eigenvalue weighted by atomic mass is 16.6. The van der Waals surface area contributed by atoms with E-state index in [-0.39, 0.29) is 6.54 Å². The van der Waals surface area contributed by atoms with Crippen LogP contribution in [0.2, 0.25) is 0 Å². The molecule has 3 amide bonds. The van der Waals surface area contributed by atoms with Crippen molar-refractivity contribution in [2.75, 3.05) is 13.7 Å². The maximum atomic E-state index is 13.8. The SMILES string of the molecule is CCC(C)(C)N(C(=O)C(C)NC(=O)OC(C)(C)C)C(C(=O)NCC(=O)OC)c1cc(C)cc(C)c1. The number of hydrogen-bond donors (Lipinski definition) is 2. The first kappa shape index (κ1) is 29.9. The number of rotatable bonds is 9. The average molecular weight is 492 g/mol. The van der Waals surface area contributed by atoms with E-state index < -0.39 is 47.1 Å². The summed E-state index contributed by atoms with van der Waals surface area (Å²) in [6.45, 7) is 15.8. The van der Waals surface area contributed by atoms with Gasteiger partial charge in [0.15, 0.2) is 0 Å². The highest BCUT2D eigenvalue weighted by molar-refractivity contribution is 5.93. The van der Waals surface area contributed by atoms with Crippen LogP contribution < -0.4 is 10.6 Å². The van der Waals surface area contributed by atoms with E-state index in [9.17, 15) is 19.2 Å². The van der Waals surface area contributed by atoms with Crippen LogP contribution in [0.15, 0.2) is 18.2 Å². The summed E-state index contributed by atoms with van der Waals surface area (Å²) < 4.78 is 9.95. The number of esters is 1. The van der Waals surface area contributed by atoms with Gasteiger partial charge in [-0.3, -0.25) is 14.4 Å². The summed E-state index contributed by atoms with van der Waals surface area (Å²) in [6.07, 6.45) is -0.200. The maximum absolute atomic E-state index is 13.8. The molecule has 0 radical (unpaired) electrons. The number of methoxy groups -OCH3 is 1. The highest BCUT2D eigenvalue weighted by Crippen LogP contribution is 2.33. The van der Waals surface area contributed by atoms with Crippen molar-refractivity contribution in [1.82, 2.24) is 15.5 Å². The van der Waals surface area contributed by atoms with Crippen LogP contribution in [0, 0.1) is 13.8 Å². The third-order valence-electron chi connectivity index (χ3n) is 5.56. The number of nitrogens with one attached hydrogen (secondary N) is 2. The van der Waals surface area contributed by atoms with Crippen LogP contribution in [0.1, 0.15) is 77.6 Å². The molecule has 2 N–H and O–H groups in total. The lowest BCUT2D eigenvalue weighted by Crippen LogP contribution is -2.59. The molecule has 9 heteroatoms. The lowest BCUT2D eigenvalue weighted by atomic mass is 9.91. The summed E-state index contributed by atoms with van der Waals surface area (Å²) in [5.41, 5.74) is 0.945. The Labute approximate surface area is 208 Å². The Bertz CT molecular complexity index is 915. The van der Waals surface area contributed by atoms with Crippen molar-refractivity contribution >= 4 is 23.9 Å². The zero-order chi connectivity index (χ0) is 27.1. The van der Waals surface area contributed by atoms with Crippen LogP contribution in [0.4, 0.5) is 4.79 Å². The van der Waals surface area contributed by atoms with Crippen LogP contribution in [0.25, 0.3) is 0 Å². The number of alkyl carbamates (subject to hydrolysis) is 1. The first-order chi connectivity index (χ1) is 16.0. The molecule has 0 aliphatic rings. The van der Waals surface area contributed by atoms with Crippen LogP contribution in [-0.4, -0.2) is 59.6 Å². The monoisotopic (exact) mass is 491 g/mol. The number of carbonyl (C=O) groups is 4. The minimum Gasteiger partial charge on any atom is -0.468 e. The molecule has 2 atom stereocenters. The van der Waals surface area contributed by atoms with Gasteiger partial charge in [0.25, 0.3) is 0 Å². The zero-order valence-corrected chi connectivity index (χ0v) is 22.7. The van der Waals surface area contributed by atoms with Crippen LogP contribution in [0.3, 0.4) is 0 Å². The molecule has 9 nitrogen and oxygen atoms in total. The molecule has 0 aliphatic carbocycles. The Morgan fingerprint density at radius 1 is 1.00 bits per heavy atom. The third kappa shape index (κ3) is 8.88. The van der Waals surface area contributed by atoms with Gasteiger partial charge in [0.2, 0.25) is 11.8 Å². The highest BCUT2D eigenvalue weighted by Gasteiger charge is 2.42. The molecule has 0 aliphatic heterocycles. The van der Waals surface area contributed by atoms with Crippen molar-refractivity contribution in [1.29, 1.82) is 0 Å². The predicted molar refractivity (Wildman–Crippen MR) is 134 cm³/mol. The fraction of sp³-hybridized carbons (Fsp3) is 0.615. The van der Waals surface area contributed by atoms with E-state index in [0.717, 1.165) is 11.1 Å². The van der Waals surface area contributed by atoms with Crippen molar-refractivity contribution in [3.8, 4) is 0 Å². The molecule has 196 valence electrons. The number of ether oxygens (including phenoxy) is 2. The van der Waals surface area contributed by atoms with Crippen LogP contribution in [0.5, 0.6) is 0 Å². The van der Waals surface area contributed by atoms with Crippen molar-refractivity contribution in [2.24, 2.45) is 0 Å². The fourth-order valence-corrected chi connectivity index (χ4v) is 3.61. The number of aryl methyl sites for hydroxylation is 2. The second-order valence-electron chi connectivity index (χ2n) is 10.4. The molecule has 2 unspecified atom stereocenters. The summed E-state index contributed by atoms with van der Waals surface area (Å²) in [5.74, 6) is -1.59. The van der Waals surface area contributed by atoms with Gasteiger partial charge in [0.05, 0.1) is 7.11 Å². The summed E-state index contributed by atoms with van der Waals surface area (Å²) in [7, 11) is 1.23. The van der Waals surface area contributed by atoms with Crippen LogP contribution >= 0.6 is 0 Å². The molecular formula is C26H41N3O6. The Balaban J connectivity index is 3.53. The normalized spacial score (nSPS) is 13.3. The summed E-state index contributed by atoms with van der Waals surface area (Å²) >= 11 is 0. The van der Waals surface area contributed by atoms with Gasteiger partial charge in [-0.1, -0.05) is 36.2 Å². The molecule has 0 spiro atoms. The van der Waals surface area contributed by atoms with Gasteiger partial charge in [-0.2, -0.15) is 0 Å². The van der Waals surface area contributed by atoms with Gasteiger partial charge in [-0.05, 0) is 67.4 Å². The Hall–Kier alpha value is -3.10. The standard InChI is InChI=1S/C26H41N3O6/c1-11-26(8,9)29(23(32)18(4)28-24(33)35-25(5,6)7)21(22(31)27-15-20(30)34-10)19-13-16(2)12-17(3)14-19/h12-14,18,21H,11,15H2,1-10H3,(H,27,31)(H,28,33). The van der Waals surface area contributed by atoms with Crippen molar-refractivity contribution in [3.63, 3.8) is 0 Å². The Morgan fingerprint density at radius 2 is 1.54 bits per heavy atom.